The Morgan fingerprint density at radius 2 is 2.00 bits per heavy atom. The number of hydrogen-bond donors (Lipinski definition) is 0. The predicted molar refractivity (Wildman–Crippen MR) is 58.3 cm³/mol. The number of hydrogen-bond acceptors (Lipinski definition) is 3. The first-order valence-electron chi connectivity index (χ1n) is 4.32. The van der Waals surface area contributed by atoms with Crippen molar-refractivity contribution in [2.24, 2.45) is 0 Å². The average Bonchev–Trinajstić information content (AvgIpc) is 2.25. The van der Waals surface area contributed by atoms with E-state index in [0.717, 1.165) is 7.11 Å². The Morgan fingerprint density at radius 1 is 1.44 bits per heavy atom. The van der Waals surface area contributed by atoms with Crippen molar-refractivity contribution in [1.82, 2.24) is 4.98 Å². The van der Waals surface area contributed by atoms with Gasteiger partial charge < -0.3 is 4.74 Å². The zero-order valence-electron chi connectivity index (χ0n) is 8.69. The van der Waals surface area contributed by atoms with Crippen molar-refractivity contribution in [3.8, 4) is 0 Å². The molecule has 0 saturated carbocycles. The fraction of sp³-hybridized carbons (Fsp3) is 0.333. The van der Waals surface area contributed by atoms with Gasteiger partial charge in [0.15, 0.2) is 5.69 Å². The first-order chi connectivity index (χ1) is 8.20. The summed E-state index contributed by atoms with van der Waals surface area (Å²) in [5.74, 6) is -1.26. The first-order valence-corrected chi connectivity index (χ1v) is 5.40. The molecule has 0 aliphatic carbocycles. The maximum Gasteiger partial charge on any atom is 0.433 e. The molecule has 18 heavy (non-hydrogen) atoms. The molecule has 9 heteroatoms. The molecule has 0 unspecified atom stereocenters. The van der Waals surface area contributed by atoms with Crippen molar-refractivity contribution in [1.29, 1.82) is 0 Å². The van der Waals surface area contributed by atoms with Gasteiger partial charge in [-0.2, -0.15) is 13.2 Å². The molecule has 0 aliphatic rings. The smallest absolute Gasteiger partial charge is 0.433 e. The number of rotatable bonds is 2. The van der Waals surface area contributed by atoms with Crippen LogP contribution in [0.25, 0.3) is 0 Å². The lowest BCUT2D eigenvalue weighted by atomic mass is 10.1. The summed E-state index contributed by atoms with van der Waals surface area (Å²) in [6.07, 6.45) is -7.86. The third kappa shape index (κ3) is 2.87. The van der Waals surface area contributed by atoms with Gasteiger partial charge in [-0.3, -0.25) is 4.98 Å². The maximum absolute atomic E-state index is 12.7. The summed E-state index contributed by atoms with van der Waals surface area (Å²) in [7, 11) is 0.890. The number of carbonyl (C=O) groups excluding carboxylic acids is 1. The van der Waals surface area contributed by atoms with E-state index in [2.05, 4.69) is 9.72 Å². The van der Waals surface area contributed by atoms with Gasteiger partial charge in [0, 0.05) is 9.77 Å². The Bertz CT molecular complexity index is 475. The highest BCUT2D eigenvalue weighted by molar-refractivity contribution is 14.1. The number of esters is 1. The topological polar surface area (TPSA) is 39.2 Å². The molecule has 1 aromatic heterocycles. The molecule has 0 spiro atoms. The number of carbonyl (C=O) groups is 1. The predicted octanol–water partition coefficient (Wildman–Crippen LogP) is 3.43. The van der Waals surface area contributed by atoms with E-state index in [1.54, 1.807) is 0 Å². The standard InChI is InChI=1S/C9H5F5INO2/c1-18-8(17)4-3(15)2-16-6(9(12,13)14)5(4)7(10)11/h2,7H,1H3. The third-order valence-corrected chi connectivity index (χ3v) is 2.76. The fourth-order valence-electron chi connectivity index (χ4n) is 1.25. The van der Waals surface area contributed by atoms with Crippen molar-refractivity contribution in [2.75, 3.05) is 7.11 Å². The molecule has 0 aliphatic heterocycles. The number of ether oxygens (including phenoxy) is 1. The highest BCUT2D eigenvalue weighted by Gasteiger charge is 2.41. The minimum Gasteiger partial charge on any atom is -0.465 e. The molecule has 1 heterocycles. The summed E-state index contributed by atoms with van der Waals surface area (Å²) in [5.41, 5.74) is -4.05. The van der Waals surface area contributed by atoms with Crippen LogP contribution in [0, 0.1) is 3.57 Å². The summed E-state index contributed by atoms with van der Waals surface area (Å²) in [6.45, 7) is 0. The SMILES string of the molecule is COC(=O)c1c(I)cnc(C(F)(F)F)c1C(F)F. The quantitative estimate of drug-likeness (QED) is 0.448. The van der Waals surface area contributed by atoms with Gasteiger partial charge in [0.2, 0.25) is 0 Å². The van der Waals surface area contributed by atoms with Gasteiger partial charge in [-0.25, -0.2) is 13.6 Å². The lowest BCUT2D eigenvalue weighted by Gasteiger charge is -2.15. The number of methoxy groups -OCH3 is 1. The van der Waals surface area contributed by atoms with Crippen LogP contribution in [0.4, 0.5) is 22.0 Å². The molecule has 3 nitrogen and oxygen atoms in total. The number of nitrogens with zero attached hydrogens (tertiary/aromatic N) is 1. The Balaban J connectivity index is 3.64. The number of halogens is 6. The molecular weight excluding hydrogens is 376 g/mol. The van der Waals surface area contributed by atoms with E-state index in [0.29, 0.717) is 6.20 Å². The van der Waals surface area contributed by atoms with Crippen molar-refractivity contribution in [3.63, 3.8) is 0 Å². The third-order valence-electron chi connectivity index (χ3n) is 1.95. The zero-order valence-corrected chi connectivity index (χ0v) is 10.8. The number of pyridine rings is 1. The normalized spacial score (nSPS) is 11.8. The molecule has 0 atom stereocenters. The van der Waals surface area contributed by atoms with Gasteiger partial charge in [0.05, 0.1) is 18.2 Å². The van der Waals surface area contributed by atoms with Gasteiger partial charge in [-0.05, 0) is 22.6 Å². The van der Waals surface area contributed by atoms with Crippen LogP contribution in [-0.2, 0) is 10.9 Å². The molecule has 1 aromatic rings. The Hall–Kier alpha value is -1.00. The van der Waals surface area contributed by atoms with E-state index in [4.69, 9.17) is 0 Å². The van der Waals surface area contributed by atoms with E-state index in [-0.39, 0.29) is 3.57 Å². The van der Waals surface area contributed by atoms with Crippen LogP contribution in [0.3, 0.4) is 0 Å². The van der Waals surface area contributed by atoms with Crippen LogP contribution < -0.4 is 0 Å². The molecule has 0 aromatic carbocycles. The molecule has 0 radical (unpaired) electrons. The molecule has 0 fully saturated rings. The number of aromatic nitrogens is 1. The Labute approximate surface area is 111 Å². The summed E-state index contributed by atoms with van der Waals surface area (Å²) in [4.78, 5) is 14.2. The van der Waals surface area contributed by atoms with Crippen LogP contribution in [0.2, 0.25) is 0 Å². The van der Waals surface area contributed by atoms with Crippen LogP contribution in [0.1, 0.15) is 28.0 Å². The minimum absolute atomic E-state index is 0.136. The van der Waals surface area contributed by atoms with Gasteiger partial charge >= 0.3 is 12.1 Å². The summed E-state index contributed by atoms with van der Waals surface area (Å²) >= 11 is 1.44. The monoisotopic (exact) mass is 381 g/mol. The van der Waals surface area contributed by atoms with Gasteiger partial charge in [-0.15, -0.1) is 0 Å². The molecule has 0 saturated heterocycles. The maximum atomic E-state index is 12.7. The highest BCUT2D eigenvalue weighted by atomic mass is 127. The lowest BCUT2D eigenvalue weighted by Crippen LogP contribution is -2.18. The van der Waals surface area contributed by atoms with E-state index in [9.17, 15) is 26.7 Å². The van der Waals surface area contributed by atoms with Crippen molar-refractivity contribution < 1.29 is 31.5 Å². The van der Waals surface area contributed by atoms with Crippen LogP contribution in [-0.4, -0.2) is 18.1 Å². The second-order valence-corrected chi connectivity index (χ2v) is 4.20. The first kappa shape index (κ1) is 15.1. The van der Waals surface area contributed by atoms with Crippen LogP contribution >= 0.6 is 22.6 Å². The lowest BCUT2D eigenvalue weighted by molar-refractivity contribution is -0.143. The molecule has 0 amide bonds. The second-order valence-electron chi connectivity index (χ2n) is 3.03. The van der Waals surface area contributed by atoms with Crippen molar-refractivity contribution >= 4 is 28.6 Å². The summed E-state index contributed by atoms with van der Waals surface area (Å²) in [5, 5.41) is 0. The highest BCUT2D eigenvalue weighted by Crippen LogP contribution is 2.38. The van der Waals surface area contributed by atoms with E-state index in [1.807, 2.05) is 0 Å². The van der Waals surface area contributed by atoms with Gasteiger partial charge in [-0.1, -0.05) is 0 Å². The molecule has 100 valence electrons. The van der Waals surface area contributed by atoms with Gasteiger partial charge in [0.1, 0.15) is 0 Å². The summed E-state index contributed by atoms with van der Waals surface area (Å²) < 4.78 is 67.2. The molecule has 0 bridgehead atoms. The van der Waals surface area contributed by atoms with Crippen LogP contribution in [0.15, 0.2) is 6.20 Å². The van der Waals surface area contributed by atoms with Crippen LogP contribution in [0.5, 0.6) is 0 Å². The Morgan fingerprint density at radius 3 is 2.39 bits per heavy atom. The fourth-order valence-corrected chi connectivity index (χ4v) is 1.90. The van der Waals surface area contributed by atoms with E-state index < -0.39 is 35.4 Å². The molecule has 1 rings (SSSR count). The molecule has 0 N–H and O–H groups in total. The van der Waals surface area contributed by atoms with Crippen molar-refractivity contribution in [2.45, 2.75) is 12.6 Å². The second kappa shape index (κ2) is 5.33. The van der Waals surface area contributed by atoms with E-state index in [1.165, 1.54) is 22.6 Å². The minimum atomic E-state index is -5.07. The zero-order chi connectivity index (χ0) is 14.1. The van der Waals surface area contributed by atoms with Crippen molar-refractivity contribution in [3.05, 3.63) is 26.6 Å². The summed E-state index contributed by atoms with van der Waals surface area (Å²) in [6, 6.07) is 0. The average molecular weight is 381 g/mol. The number of alkyl halides is 5. The van der Waals surface area contributed by atoms with E-state index >= 15 is 0 Å². The molecular formula is C9H5F5INO2. The Kier molecular flexibility index (Phi) is 4.46. The van der Waals surface area contributed by atoms with Gasteiger partial charge in [0.25, 0.3) is 6.43 Å². The largest absolute Gasteiger partial charge is 0.465 e.